The zero-order chi connectivity index (χ0) is 11.1. The quantitative estimate of drug-likeness (QED) is 0.745. The third kappa shape index (κ3) is 4.55. The highest BCUT2D eigenvalue weighted by molar-refractivity contribution is 7.99. The van der Waals surface area contributed by atoms with Crippen LogP contribution in [-0.4, -0.2) is 35.2 Å². The third-order valence-electron chi connectivity index (χ3n) is 2.70. The van der Waals surface area contributed by atoms with Gasteiger partial charge < -0.3 is 10.2 Å². The first kappa shape index (κ1) is 15.5. The largest absolute Gasteiger partial charge is 0.870 e. The number of aryl methyl sites for hydroxylation is 1. The summed E-state index contributed by atoms with van der Waals surface area (Å²) >= 11 is 1.90. The molecule has 0 aliphatic heterocycles. The summed E-state index contributed by atoms with van der Waals surface area (Å²) in [5, 5.41) is 0.586. The molecule has 0 aromatic carbocycles. The predicted octanol–water partition coefficient (Wildman–Crippen LogP) is 1.67. The van der Waals surface area contributed by atoms with E-state index in [0.717, 1.165) is 19.4 Å². The molecule has 0 spiro atoms. The summed E-state index contributed by atoms with van der Waals surface area (Å²) < 4.78 is 7.66. The van der Waals surface area contributed by atoms with Crippen LogP contribution in [0.5, 0.6) is 0 Å². The number of rotatable bonds is 7. The van der Waals surface area contributed by atoms with Gasteiger partial charge in [0.05, 0.1) is 12.6 Å². The average molecular weight is 246 g/mol. The van der Waals surface area contributed by atoms with Gasteiger partial charge in [0, 0.05) is 12.4 Å². The van der Waals surface area contributed by atoms with E-state index in [9.17, 15) is 0 Å². The summed E-state index contributed by atoms with van der Waals surface area (Å²) in [4.78, 5) is 3.05. The van der Waals surface area contributed by atoms with Crippen LogP contribution in [-0.2, 0) is 11.3 Å². The SMILES string of the molecule is CCC(OC)C(CC[n+]1cc[nH]c1)SC.[OH-]. The molecule has 1 heterocycles. The molecule has 94 valence electrons. The minimum atomic E-state index is 0. The molecule has 0 aliphatic carbocycles. The minimum Gasteiger partial charge on any atom is -0.870 e. The Balaban J connectivity index is 0.00000225. The molecule has 4 nitrogen and oxygen atoms in total. The molecular formula is C11H22N2O2S. The molecule has 2 unspecified atom stereocenters. The van der Waals surface area contributed by atoms with E-state index in [-0.39, 0.29) is 5.48 Å². The molecule has 0 bridgehead atoms. The number of ether oxygens (including phenoxy) is 1. The number of nitrogens with zero attached hydrogens (tertiary/aromatic N) is 1. The van der Waals surface area contributed by atoms with Gasteiger partial charge in [0.2, 0.25) is 6.33 Å². The molecule has 2 atom stereocenters. The molecule has 2 N–H and O–H groups in total. The number of thioether (sulfide) groups is 1. The number of methoxy groups -OCH3 is 1. The van der Waals surface area contributed by atoms with E-state index in [0.29, 0.717) is 11.4 Å². The van der Waals surface area contributed by atoms with Gasteiger partial charge in [0.25, 0.3) is 0 Å². The van der Waals surface area contributed by atoms with Crippen molar-refractivity contribution < 1.29 is 14.8 Å². The molecule has 0 aliphatic rings. The Morgan fingerprint density at radius 2 is 2.25 bits per heavy atom. The molecule has 0 radical (unpaired) electrons. The first-order chi connectivity index (χ1) is 7.31. The highest BCUT2D eigenvalue weighted by Crippen LogP contribution is 2.19. The van der Waals surface area contributed by atoms with E-state index >= 15 is 0 Å². The van der Waals surface area contributed by atoms with Gasteiger partial charge in [-0.15, -0.1) is 0 Å². The molecule has 1 aromatic heterocycles. The summed E-state index contributed by atoms with van der Waals surface area (Å²) in [6.07, 6.45) is 10.8. The second-order valence-corrected chi connectivity index (χ2v) is 4.67. The molecule has 0 amide bonds. The number of hydrogen-bond donors (Lipinski definition) is 1. The van der Waals surface area contributed by atoms with Crippen LogP contribution in [0.3, 0.4) is 0 Å². The number of H-pyrrole nitrogens is 1. The van der Waals surface area contributed by atoms with Gasteiger partial charge in [0.15, 0.2) is 0 Å². The third-order valence-corrected chi connectivity index (χ3v) is 3.84. The maximum atomic E-state index is 5.48. The summed E-state index contributed by atoms with van der Waals surface area (Å²) in [5.41, 5.74) is 0. The molecule has 16 heavy (non-hydrogen) atoms. The smallest absolute Gasteiger partial charge is 0.241 e. The van der Waals surface area contributed by atoms with Crippen molar-refractivity contribution >= 4 is 11.8 Å². The van der Waals surface area contributed by atoms with E-state index in [4.69, 9.17) is 4.74 Å². The maximum absolute atomic E-state index is 5.48. The van der Waals surface area contributed by atoms with Gasteiger partial charge in [0.1, 0.15) is 12.4 Å². The van der Waals surface area contributed by atoms with Crippen LogP contribution >= 0.6 is 11.8 Å². The number of aromatic amines is 1. The lowest BCUT2D eigenvalue weighted by molar-refractivity contribution is -0.696. The second-order valence-electron chi connectivity index (χ2n) is 3.59. The fourth-order valence-electron chi connectivity index (χ4n) is 1.77. The van der Waals surface area contributed by atoms with Gasteiger partial charge in [-0.2, -0.15) is 11.8 Å². The van der Waals surface area contributed by atoms with Crippen LogP contribution in [0.25, 0.3) is 0 Å². The normalized spacial score (nSPS) is 14.2. The summed E-state index contributed by atoms with van der Waals surface area (Å²) in [6.45, 7) is 3.23. The number of aromatic nitrogens is 2. The molecule has 5 heteroatoms. The van der Waals surface area contributed by atoms with E-state index in [1.807, 2.05) is 24.3 Å². The van der Waals surface area contributed by atoms with E-state index in [1.54, 1.807) is 7.11 Å². The topological polar surface area (TPSA) is 58.9 Å². The lowest BCUT2D eigenvalue weighted by Gasteiger charge is -2.22. The van der Waals surface area contributed by atoms with Crippen molar-refractivity contribution in [3.05, 3.63) is 18.7 Å². The standard InChI is InChI=1S/C11H20N2OS.H2O/c1-4-10(14-2)11(15-3)5-7-13-8-6-12-9-13;/h6,8-11H,4-5,7H2,1-3H3;1H2. The lowest BCUT2D eigenvalue weighted by atomic mass is 10.1. The fraction of sp³-hybridized carbons (Fsp3) is 0.727. The number of nitrogens with one attached hydrogen (secondary N) is 1. The van der Waals surface area contributed by atoms with Crippen LogP contribution in [0.15, 0.2) is 18.7 Å². The van der Waals surface area contributed by atoms with Gasteiger partial charge in [-0.3, -0.25) is 4.98 Å². The van der Waals surface area contributed by atoms with Gasteiger partial charge in [-0.25, -0.2) is 4.57 Å². The zero-order valence-corrected chi connectivity index (χ0v) is 11.0. The Morgan fingerprint density at radius 3 is 2.69 bits per heavy atom. The highest BCUT2D eigenvalue weighted by Gasteiger charge is 2.19. The van der Waals surface area contributed by atoms with E-state index in [2.05, 4.69) is 28.9 Å². The molecule has 0 saturated carbocycles. The van der Waals surface area contributed by atoms with Crippen molar-refractivity contribution in [1.82, 2.24) is 4.98 Å². The first-order valence-corrected chi connectivity index (χ1v) is 6.68. The molecule has 1 rings (SSSR count). The van der Waals surface area contributed by atoms with Crippen molar-refractivity contribution in [2.24, 2.45) is 0 Å². The fourth-order valence-corrected chi connectivity index (χ4v) is 2.72. The van der Waals surface area contributed by atoms with Crippen LogP contribution in [0, 0.1) is 0 Å². The molecule has 0 saturated heterocycles. The number of imidazole rings is 1. The van der Waals surface area contributed by atoms with E-state index < -0.39 is 0 Å². The Labute approximate surface area is 102 Å². The Hall–Kier alpha value is -0.520. The molecular weight excluding hydrogens is 224 g/mol. The summed E-state index contributed by atoms with van der Waals surface area (Å²) in [6, 6.07) is 0. The summed E-state index contributed by atoms with van der Waals surface area (Å²) in [5.74, 6) is 0. The van der Waals surface area contributed by atoms with E-state index in [1.165, 1.54) is 0 Å². The van der Waals surface area contributed by atoms with Crippen molar-refractivity contribution in [2.75, 3.05) is 13.4 Å². The molecule has 1 aromatic rings. The van der Waals surface area contributed by atoms with Crippen molar-refractivity contribution in [2.45, 2.75) is 37.7 Å². The minimum absolute atomic E-state index is 0. The van der Waals surface area contributed by atoms with Crippen LogP contribution < -0.4 is 4.57 Å². The highest BCUT2D eigenvalue weighted by atomic mass is 32.2. The predicted molar refractivity (Wildman–Crippen MR) is 65.9 cm³/mol. The maximum Gasteiger partial charge on any atom is 0.241 e. The van der Waals surface area contributed by atoms with Crippen molar-refractivity contribution in [3.63, 3.8) is 0 Å². The Kier molecular flexibility index (Phi) is 8.33. The van der Waals surface area contributed by atoms with Crippen molar-refractivity contribution in [3.8, 4) is 0 Å². The summed E-state index contributed by atoms with van der Waals surface area (Å²) in [7, 11) is 1.81. The van der Waals surface area contributed by atoms with Crippen LogP contribution in [0.2, 0.25) is 0 Å². The molecule has 0 fully saturated rings. The van der Waals surface area contributed by atoms with Gasteiger partial charge in [-0.05, 0) is 19.1 Å². The second kappa shape index (κ2) is 8.61. The van der Waals surface area contributed by atoms with Crippen molar-refractivity contribution in [1.29, 1.82) is 0 Å². The Bertz CT molecular complexity index is 250. The van der Waals surface area contributed by atoms with Gasteiger partial charge >= 0.3 is 0 Å². The van der Waals surface area contributed by atoms with Crippen LogP contribution in [0.4, 0.5) is 0 Å². The van der Waals surface area contributed by atoms with Gasteiger partial charge in [-0.1, -0.05) is 6.92 Å². The zero-order valence-electron chi connectivity index (χ0n) is 10.2. The van der Waals surface area contributed by atoms with Crippen LogP contribution in [0.1, 0.15) is 19.8 Å². The number of hydrogen-bond acceptors (Lipinski definition) is 3. The lowest BCUT2D eigenvalue weighted by Crippen LogP contribution is -2.35. The first-order valence-electron chi connectivity index (χ1n) is 5.39. The Morgan fingerprint density at radius 1 is 1.50 bits per heavy atom. The monoisotopic (exact) mass is 246 g/mol. The average Bonchev–Trinajstić information content (AvgIpc) is 2.77.